The average molecular weight is 735 g/mol. The Balaban J connectivity index is 1.37. The Morgan fingerprint density at radius 3 is 2.48 bits per heavy atom. The second kappa shape index (κ2) is 15.1. The van der Waals surface area contributed by atoms with E-state index in [9.17, 15) is 30.6 Å². The van der Waals surface area contributed by atoms with Crippen LogP contribution in [0.1, 0.15) is 66.7 Å². The summed E-state index contributed by atoms with van der Waals surface area (Å²) in [5, 5.41) is 70.4. The maximum Gasteiger partial charge on any atom is 0.200 e. The number of anilines is 2. The molecule has 1 aromatic heterocycles. The maximum atomic E-state index is 15.2. The fourth-order valence-corrected chi connectivity index (χ4v) is 8.82. The van der Waals surface area contributed by atoms with E-state index in [-0.39, 0.29) is 48.0 Å². The lowest BCUT2D eigenvalue weighted by Gasteiger charge is -2.41. The van der Waals surface area contributed by atoms with Crippen molar-refractivity contribution >= 4 is 28.1 Å². The van der Waals surface area contributed by atoms with E-state index in [0.29, 0.717) is 49.2 Å². The number of methoxy groups -OCH3 is 2. The highest BCUT2D eigenvalue weighted by atomic mass is 16.5. The number of carbonyl (C=O) groups is 1. The molecule has 2 heterocycles. The second-order valence-corrected chi connectivity index (χ2v) is 14.7. The van der Waals surface area contributed by atoms with E-state index >= 15 is 4.79 Å². The average Bonchev–Trinajstić information content (AvgIpc) is 3.56. The van der Waals surface area contributed by atoms with Crippen molar-refractivity contribution in [2.75, 3.05) is 19.5 Å². The van der Waals surface area contributed by atoms with Crippen molar-refractivity contribution in [3.63, 3.8) is 0 Å². The SMILES string of the molecule is COc1cc(CCC(O)C2C(=O)CC(c3cc(O)c(O)c(OC)c3)CCc3c(ccc4cc(O)ccc34)Nc3cc(ccn3)C23CCC(O)C3)ccc1O. The first-order valence-corrected chi connectivity index (χ1v) is 18.3. The topological polar surface area (TPSA) is 182 Å². The van der Waals surface area contributed by atoms with Crippen LogP contribution in [0.4, 0.5) is 11.5 Å². The monoisotopic (exact) mass is 734 g/mol. The van der Waals surface area contributed by atoms with Crippen LogP contribution >= 0.6 is 0 Å². The molecule has 2 bridgehead atoms. The standard InChI is InChI=1S/C43H46N2O9/c1-53-38-17-24(3-11-34(38)48)4-12-35(49)41-36(50)19-25(27-20-37(51)42(52)39(21-27)54-2)5-8-32-31-9-7-29(46)18-26(31)6-10-33(32)45-40-22-28(14-16-44-40)43(41)15-13-30(47)23-43/h3,6-7,9-11,14,16-18,20-22,25,30,35,41,46-49,51-52H,4-5,8,12-13,15,19,23H2,1-2H3,(H,44,45). The Morgan fingerprint density at radius 1 is 0.907 bits per heavy atom. The van der Waals surface area contributed by atoms with Crippen LogP contribution in [0.5, 0.6) is 34.5 Å². The number of nitrogens with one attached hydrogen (secondary N) is 1. The minimum Gasteiger partial charge on any atom is -0.508 e. The summed E-state index contributed by atoms with van der Waals surface area (Å²) >= 11 is 0. The van der Waals surface area contributed by atoms with E-state index in [0.717, 1.165) is 33.2 Å². The summed E-state index contributed by atoms with van der Waals surface area (Å²) < 4.78 is 10.7. The van der Waals surface area contributed by atoms with Gasteiger partial charge in [-0.05, 0) is 138 Å². The Bertz CT molecular complexity index is 2190. The zero-order valence-corrected chi connectivity index (χ0v) is 30.3. The molecule has 11 nitrogen and oxygen atoms in total. The Morgan fingerprint density at radius 2 is 1.72 bits per heavy atom. The van der Waals surface area contributed by atoms with Crippen LogP contribution in [0.2, 0.25) is 0 Å². The molecule has 11 heteroatoms. The van der Waals surface area contributed by atoms with E-state index in [2.05, 4.69) is 10.3 Å². The van der Waals surface area contributed by atoms with Crippen molar-refractivity contribution < 1.29 is 44.9 Å². The fraction of sp³-hybridized carbons (Fsp3) is 0.349. The number of phenols is 4. The summed E-state index contributed by atoms with van der Waals surface area (Å²) in [6, 6.07) is 21.0. The first-order chi connectivity index (χ1) is 26.0. The number of nitrogens with zero attached hydrogens (tertiary/aromatic N) is 1. The third-order valence-corrected chi connectivity index (χ3v) is 11.5. The summed E-state index contributed by atoms with van der Waals surface area (Å²) in [6.07, 6.45) is 2.58. The highest BCUT2D eigenvalue weighted by molar-refractivity contribution is 5.92. The number of fused-ring (bicyclic) bond motifs is 6. The number of hydrogen-bond acceptors (Lipinski definition) is 11. The lowest BCUT2D eigenvalue weighted by atomic mass is 9.63. The van der Waals surface area contributed by atoms with Gasteiger partial charge >= 0.3 is 0 Å². The van der Waals surface area contributed by atoms with Crippen molar-refractivity contribution in [3.05, 3.63) is 101 Å². The highest BCUT2D eigenvalue weighted by Crippen LogP contribution is 2.51. The molecule has 5 atom stereocenters. The summed E-state index contributed by atoms with van der Waals surface area (Å²) in [6.45, 7) is 0. The smallest absolute Gasteiger partial charge is 0.200 e. The van der Waals surface area contributed by atoms with Gasteiger partial charge in [0.05, 0.1) is 32.3 Å². The lowest BCUT2D eigenvalue weighted by molar-refractivity contribution is -0.130. The van der Waals surface area contributed by atoms with Gasteiger partial charge in [0.1, 0.15) is 17.4 Å². The minimum atomic E-state index is -1.12. The predicted octanol–water partition coefficient (Wildman–Crippen LogP) is 6.90. The molecule has 1 spiro atoms. The van der Waals surface area contributed by atoms with Gasteiger partial charge in [0.15, 0.2) is 23.0 Å². The number of aromatic hydroxyl groups is 4. The second-order valence-electron chi connectivity index (χ2n) is 14.7. The van der Waals surface area contributed by atoms with Crippen LogP contribution in [0.25, 0.3) is 10.8 Å². The molecule has 0 saturated heterocycles. The maximum absolute atomic E-state index is 15.2. The van der Waals surface area contributed by atoms with Gasteiger partial charge < -0.3 is 45.4 Å². The summed E-state index contributed by atoms with van der Waals surface area (Å²) in [4.78, 5) is 19.8. The van der Waals surface area contributed by atoms with Crippen LogP contribution in [0.3, 0.4) is 0 Å². The van der Waals surface area contributed by atoms with Gasteiger partial charge in [-0.2, -0.15) is 0 Å². The lowest BCUT2D eigenvalue weighted by Crippen LogP contribution is -2.46. The molecule has 0 radical (unpaired) electrons. The molecule has 282 valence electrons. The fourth-order valence-electron chi connectivity index (χ4n) is 8.82. The van der Waals surface area contributed by atoms with Crippen LogP contribution in [-0.2, 0) is 23.1 Å². The van der Waals surface area contributed by atoms with Crippen molar-refractivity contribution in [1.82, 2.24) is 4.98 Å². The number of benzene rings is 4. The Kier molecular flexibility index (Phi) is 10.3. The molecule has 54 heavy (non-hydrogen) atoms. The van der Waals surface area contributed by atoms with Gasteiger partial charge in [-0.25, -0.2) is 4.98 Å². The quantitative estimate of drug-likeness (QED) is 0.0864. The molecular formula is C43H46N2O9. The highest BCUT2D eigenvalue weighted by Gasteiger charge is 2.52. The van der Waals surface area contributed by atoms with E-state index in [1.165, 1.54) is 20.3 Å². The minimum absolute atomic E-state index is 0.00411. The third kappa shape index (κ3) is 7.09. The number of pyridine rings is 1. The molecule has 2 aliphatic rings. The van der Waals surface area contributed by atoms with Crippen molar-refractivity contribution in [2.45, 2.75) is 74.9 Å². The van der Waals surface area contributed by atoms with Gasteiger partial charge in [-0.1, -0.05) is 18.2 Å². The van der Waals surface area contributed by atoms with Crippen molar-refractivity contribution in [3.8, 4) is 34.5 Å². The Labute approximate surface area is 313 Å². The van der Waals surface area contributed by atoms with E-state index in [4.69, 9.17) is 9.47 Å². The van der Waals surface area contributed by atoms with Crippen LogP contribution in [0, 0.1) is 5.92 Å². The molecule has 0 amide bonds. The van der Waals surface area contributed by atoms with Gasteiger partial charge in [0, 0.05) is 23.7 Å². The first-order valence-electron chi connectivity index (χ1n) is 18.3. The molecule has 7 rings (SSSR count). The van der Waals surface area contributed by atoms with Crippen molar-refractivity contribution in [1.29, 1.82) is 0 Å². The van der Waals surface area contributed by atoms with E-state index in [1.54, 1.807) is 42.6 Å². The number of Topliss-reactive ketones (excluding diaryl/α,β-unsaturated/α-hetero) is 1. The van der Waals surface area contributed by atoms with Gasteiger partial charge in [0.2, 0.25) is 5.75 Å². The number of aliphatic hydroxyl groups excluding tert-OH is 2. The van der Waals surface area contributed by atoms with Crippen molar-refractivity contribution in [2.24, 2.45) is 5.92 Å². The summed E-state index contributed by atoms with van der Waals surface area (Å²) in [7, 11) is 2.86. The molecular weight excluding hydrogens is 688 g/mol. The zero-order chi connectivity index (χ0) is 38.1. The number of aromatic nitrogens is 1. The molecule has 7 N–H and O–H groups in total. The molecule has 4 aromatic carbocycles. The van der Waals surface area contributed by atoms with Crippen LogP contribution in [-0.4, -0.2) is 67.8 Å². The zero-order valence-electron chi connectivity index (χ0n) is 30.3. The molecule has 1 fully saturated rings. The molecule has 1 aliphatic heterocycles. The van der Waals surface area contributed by atoms with Crippen LogP contribution < -0.4 is 14.8 Å². The number of ketones is 1. The number of rotatable bonds is 7. The van der Waals surface area contributed by atoms with E-state index in [1.807, 2.05) is 30.3 Å². The van der Waals surface area contributed by atoms with Gasteiger partial charge in [0.25, 0.3) is 0 Å². The Hall–Kier alpha value is -5.52. The number of ether oxygens (including phenoxy) is 2. The number of aryl methyl sites for hydroxylation is 2. The summed E-state index contributed by atoms with van der Waals surface area (Å²) in [5.74, 6) is -1.30. The number of phenolic OH excluding ortho intramolecular Hbond substituents is 4. The first kappa shape index (κ1) is 36.8. The predicted molar refractivity (Wildman–Crippen MR) is 204 cm³/mol. The van der Waals surface area contributed by atoms with Gasteiger partial charge in [-0.3, -0.25) is 4.79 Å². The number of carbonyl (C=O) groups excluding carboxylic acids is 1. The summed E-state index contributed by atoms with van der Waals surface area (Å²) in [5.41, 5.74) is 3.00. The molecule has 5 unspecified atom stereocenters. The number of hydrogen-bond donors (Lipinski definition) is 7. The number of aliphatic hydroxyl groups is 2. The van der Waals surface area contributed by atoms with E-state index < -0.39 is 35.2 Å². The normalized spacial score (nSPS) is 22.1. The van der Waals surface area contributed by atoms with Gasteiger partial charge in [-0.15, -0.1) is 0 Å². The molecule has 5 aromatic rings. The molecule has 1 saturated carbocycles. The molecule has 1 aliphatic carbocycles. The largest absolute Gasteiger partial charge is 0.508 e. The third-order valence-electron chi connectivity index (χ3n) is 11.5. The van der Waals surface area contributed by atoms with Crippen LogP contribution in [0.15, 0.2) is 79.0 Å².